The Labute approximate surface area is 115 Å². The van der Waals surface area contributed by atoms with E-state index in [0.717, 1.165) is 17.8 Å². The summed E-state index contributed by atoms with van der Waals surface area (Å²) in [7, 11) is 0. The van der Waals surface area contributed by atoms with Crippen LogP contribution in [0.15, 0.2) is 30.6 Å². The second-order valence-electron chi connectivity index (χ2n) is 3.79. The smallest absolute Gasteiger partial charge is 0.107 e. The van der Waals surface area contributed by atoms with Crippen molar-refractivity contribution in [2.24, 2.45) is 0 Å². The number of H-pyrrole nitrogens is 1. The molecule has 0 amide bonds. The fourth-order valence-electron chi connectivity index (χ4n) is 1.61. The van der Waals surface area contributed by atoms with Crippen molar-refractivity contribution in [3.8, 4) is 0 Å². The van der Waals surface area contributed by atoms with Crippen LogP contribution in [0.25, 0.3) is 0 Å². The van der Waals surface area contributed by atoms with E-state index in [1.807, 2.05) is 12.1 Å². The van der Waals surface area contributed by atoms with Crippen molar-refractivity contribution < 1.29 is 0 Å². The van der Waals surface area contributed by atoms with Crippen LogP contribution in [0.2, 0.25) is 10.0 Å². The SMILES string of the molecule is Clc1ccc(CC(Cl)Cc2ncc[nH]2)cc1Cl. The number of hydrogen-bond acceptors (Lipinski definition) is 1. The van der Waals surface area contributed by atoms with Gasteiger partial charge in [-0.15, -0.1) is 11.6 Å². The summed E-state index contributed by atoms with van der Waals surface area (Å²) in [6.45, 7) is 0. The van der Waals surface area contributed by atoms with E-state index in [1.165, 1.54) is 0 Å². The molecule has 0 fully saturated rings. The maximum absolute atomic E-state index is 6.26. The molecule has 1 heterocycles. The maximum atomic E-state index is 6.26. The van der Waals surface area contributed by atoms with Crippen LogP contribution in [0.4, 0.5) is 0 Å². The number of nitrogens with one attached hydrogen (secondary N) is 1. The molecule has 1 aromatic carbocycles. The van der Waals surface area contributed by atoms with Crippen molar-refractivity contribution in [3.05, 3.63) is 52.0 Å². The van der Waals surface area contributed by atoms with E-state index in [0.29, 0.717) is 16.5 Å². The number of alkyl halides is 1. The zero-order chi connectivity index (χ0) is 12.3. The highest BCUT2D eigenvalue weighted by molar-refractivity contribution is 6.42. The van der Waals surface area contributed by atoms with Gasteiger partial charge >= 0.3 is 0 Å². The van der Waals surface area contributed by atoms with E-state index in [4.69, 9.17) is 34.8 Å². The molecule has 0 bridgehead atoms. The minimum atomic E-state index is -0.0154. The third-order valence-electron chi connectivity index (χ3n) is 2.41. The van der Waals surface area contributed by atoms with Crippen molar-refractivity contribution in [1.29, 1.82) is 0 Å². The van der Waals surface area contributed by atoms with E-state index in [-0.39, 0.29) is 5.38 Å². The highest BCUT2D eigenvalue weighted by Crippen LogP contribution is 2.24. The minimum Gasteiger partial charge on any atom is -0.349 e. The lowest BCUT2D eigenvalue weighted by Crippen LogP contribution is -2.08. The average Bonchev–Trinajstić information content (AvgIpc) is 2.76. The van der Waals surface area contributed by atoms with Crippen LogP contribution in [0.5, 0.6) is 0 Å². The van der Waals surface area contributed by atoms with Crippen LogP contribution < -0.4 is 0 Å². The number of aromatic nitrogens is 2. The molecule has 1 N–H and O–H groups in total. The maximum Gasteiger partial charge on any atom is 0.107 e. The quantitative estimate of drug-likeness (QED) is 0.843. The molecule has 2 rings (SSSR count). The molecule has 0 aliphatic heterocycles. The van der Waals surface area contributed by atoms with Gasteiger partial charge in [-0.3, -0.25) is 0 Å². The summed E-state index contributed by atoms with van der Waals surface area (Å²) in [6, 6.07) is 5.57. The van der Waals surface area contributed by atoms with Gasteiger partial charge in [0.25, 0.3) is 0 Å². The van der Waals surface area contributed by atoms with Gasteiger partial charge < -0.3 is 4.98 Å². The first-order valence-corrected chi connectivity index (χ1v) is 6.40. The van der Waals surface area contributed by atoms with Crippen molar-refractivity contribution in [2.75, 3.05) is 0 Å². The highest BCUT2D eigenvalue weighted by Gasteiger charge is 2.09. The Morgan fingerprint density at radius 1 is 1.18 bits per heavy atom. The summed E-state index contributed by atoms with van der Waals surface area (Å²) >= 11 is 18.1. The molecule has 0 radical (unpaired) electrons. The number of halogens is 3. The van der Waals surface area contributed by atoms with Gasteiger partial charge in [0.1, 0.15) is 5.82 Å². The minimum absolute atomic E-state index is 0.0154. The first-order valence-electron chi connectivity index (χ1n) is 5.21. The molecule has 1 unspecified atom stereocenters. The lowest BCUT2D eigenvalue weighted by atomic mass is 10.1. The van der Waals surface area contributed by atoms with Crippen molar-refractivity contribution in [2.45, 2.75) is 18.2 Å². The van der Waals surface area contributed by atoms with E-state index >= 15 is 0 Å². The third kappa shape index (κ3) is 3.63. The van der Waals surface area contributed by atoms with Crippen LogP contribution in [-0.2, 0) is 12.8 Å². The van der Waals surface area contributed by atoms with Gasteiger partial charge in [0.15, 0.2) is 0 Å². The number of benzene rings is 1. The van der Waals surface area contributed by atoms with E-state index in [1.54, 1.807) is 18.5 Å². The molecular formula is C12H11Cl3N2. The Morgan fingerprint density at radius 3 is 2.65 bits per heavy atom. The topological polar surface area (TPSA) is 28.7 Å². The van der Waals surface area contributed by atoms with Crippen LogP contribution in [0, 0.1) is 0 Å². The van der Waals surface area contributed by atoms with Gasteiger partial charge in [0.05, 0.1) is 10.0 Å². The Balaban J connectivity index is 1.98. The monoisotopic (exact) mass is 288 g/mol. The number of rotatable bonds is 4. The zero-order valence-corrected chi connectivity index (χ0v) is 11.2. The molecule has 1 aromatic heterocycles. The average molecular weight is 290 g/mol. The fourth-order valence-corrected chi connectivity index (χ4v) is 2.26. The number of nitrogens with zero attached hydrogens (tertiary/aromatic N) is 1. The van der Waals surface area contributed by atoms with E-state index in [9.17, 15) is 0 Å². The summed E-state index contributed by atoms with van der Waals surface area (Å²) in [5, 5.41) is 1.11. The van der Waals surface area contributed by atoms with Gasteiger partial charge in [-0.2, -0.15) is 0 Å². The van der Waals surface area contributed by atoms with E-state index in [2.05, 4.69) is 9.97 Å². The van der Waals surface area contributed by atoms with Gasteiger partial charge in [-0.25, -0.2) is 4.98 Å². The molecule has 2 nitrogen and oxygen atoms in total. The molecule has 90 valence electrons. The van der Waals surface area contributed by atoms with Gasteiger partial charge in [-0.1, -0.05) is 29.3 Å². The molecule has 1 atom stereocenters. The normalized spacial score (nSPS) is 12.6. The first kappa shape index (κ1) is 12.7. The number of hydrogen-bond donors (Lipinski definition) is 1. The lowest BCUT2D eigenvalue weighted by Gasteiger charge is -2.08. The van der Waals surface area contributed by atoms with Crippen LogP contribution in [-0.4, -0.2) is 15.3 Å². The molecule has 0 aliphatic rings. The lowest BCUT2D eigenvalue weighted by molar-refractivity contribution is 0.792. The molecule has 0 spiro atoms. The standard InChI is InChI=1S/C12H11Cl3N2/c13-9(7-12-16-3-4-17-12)5-8-1-2-10(14)11(15)6-8/h1-4,6,9H,5,7H2,(H,16,17). The van der Waals surface area contributed by atoms with Gasteiger partial charge in [0.2, 0.25) is 0 Å². The van der Waals surface area contributed by atoms with Crippen molar-refractivity contribution in [3.63, 3.8) is 0 Å². The Bertz CT molecular complexity index is 483. The second-order valence-corrected chi connectivity index (χ2v) is 5.22. The van der Waals surface area contributed by atoms with Crippen LogP contribution in [0.3, 0.4) is 0 Å². The summed E-state index contributed by atoms with van der Waals surface area (Å²) < 4.78 is 0. The van der Waals surface area contributed by atoms with Gasteiger partial charge in [0, 0.05) is 24.2 Å². The number of aromatic amines is 1. The molecule has 2 aromatic rings. The Hall–Kier alpha value is -0.700. The largest absolute Gasteiger partial charge is 0.349 e. The Morgan fingerprint density at radius 2 is 2.00 bits per heavy atom. The second kappa shape index (κ2) is 5.76. The molecule has 0 saturated heterocycles. The van der Waals surface area contributed by atoms with Crippen molar-refractivity contribution in [1.82, 2.24) is 9.97 Å². The van der Waals surface area contributed by atoms with E-state index < -0.39 is 0 Å². The summed E-state index contributed by atoms with van der Waals surface area (Å²) in [6.07, 6.45) is 4.95. The summed E-state index contributed by atoms with van der Waals surface area (Å²) in [5.41, 5.74) is 1.07. The Kier molecular flexibility index (Phi) is 4.32. The first-order chi connectivity index (χ1) is 8.15. The highest BCUT2D eigenvalue weighted by atomic mass is 35.5. The molecule has 5 heteroatoms. The van der Waals surface area contributed by atoms with Crippen LogP contribution >= 0.6 is 34.8 Å². The third-order valence-corrected chi connectivity index (χ3v) is 3.46. The van der Waals surface area contributed by atoms with Crippen LogP contribution in [0.1, 0.15) is 11.4 Å². The van der Waals surface area contributed by atoms with Gasteiger partial charge in [-0.05, 0) is 24.1 Å². The number of imidazole rings is 1. The summed E-state index contributed by atoms with van der Waals surface area (Å²) in [5.74, 6) is 0.894. The van der Waals surface area contributed by atoms with Crippen molar-refractivity contribution >= 4 is 34.8 Å². The predicted molar refractivity (Wildman–Crippen MR) is 72.1 cm³/mol. The summed E-state index contributed by atoms with van der Waals surface area (Å²) in [4.78, 5) is 7.17. The molecule has 0 aliphatic carbocycles. The molecular weight excluding hydrogens is 279 g/mol. The zero-order valence-electron chi connectivity index (χ0n) is 8.96. The fraction of sp³-hybridized carbons (Fsp3) is 0.250. The molecule has 17 heavy (non-hydrogen) atoms. The molecule has 0 saturated carbocycles. The predicted octanol–water partition coefficient (Wildman–Crippen LogP) is 4.11.